The lowest BCUT2D eigenvalue weighted by atomic mass is 10.0. The molecule has 1 amide bonds. The second-order valence-electron chi connectivity index (χ2n) is 5.18. The first-order valence-corrected chi connectivity index (χ1v) is 7.05. The molecule has 2 rings (SSSR count). The van der Waals surface area contributed by atoms with Crippen molar-refractivity contribution in [1.82, 2.24) is 15.2 Å². The van der Waals surface area contributed by atoms with Crippen molar-refractivity contribution in [2.24, 2.45) is 0 Å². The van der Waals surface area contributed by atoms with Gasteiger partial charge in [0.1, 0.15) is 0 Å². The van der Waals surface area contributed by atoms with Gasteiger partial charge < -0.3 is 14.6 Å². The lowest BCUT2D eigenvalue weighted by Gasteiger charge is -2.39. The Kier molecular flexibility index (Phi) is 4.24. The molecule has 1 N–H and O–H groups in total. The van der Waals surface area contributed by atoms with Gasteiger partial charge in [-0.1, -0.05) is 13.8 Å². The molecule has 19 heavy (non-hydrogen) atoms. The molecule has 0 radical (unpaired) electrons. The Hall–Kier alpha value is -1.36. The number of aryl methyl sites for hydroxylation is 2. The Morgan fingerprint density at radius 2 is 2.16 bits per heavy atom. The fraction of sp³-hybridized carbons (Fsp3) is 0.714. The maximum atomic E-state index is 12.6. The number of piperazine rings is 1. The molecule has 0 aromatic carbocycles. The lowest BCUT2D eigenvalue weighted by molar-refractivity contribution is 0.0541. The van der Waals surface area contributed by atoms with E-state index in [4.69, 9.17) is 4.42 Å². The van der Waals surface area contributed by atoms with Gasteiger partial charge in [0.2, 0.25) is 5.76 Å². The number of rotatable bonds is 3. The van der Waals surface area contributed by atoms with Crippen LogP contribution < -0.4 is 5.32 Å². The third-order valence-electron chi connectivity index (χ3n) is 3.82. The van der Waals surface area contributed by atoms with Crippen LogP contribution in [0, 0.1) is 13.8 Å². The van der Waals surface area contributed by atoms with Crippen molar-refractivity contribution in [3.63, 3.8) is 0 Å². The molecule has 5 heteroatoms. The molecule has 1 fully saturated rings. The monoisotopic (exact) mass is 265 g/mol. The second-order valence-corrected chi connectivity index (χ2v) is 5.18. The fourth-order valence-corrected chi connectivity index (χ4v) is 2.61. The van der Waals surface area contributed by atoms with Gasteiger partial charge in [-0.2, -0.15) is 0 Å². The average molecular weight is 265 g/mol. The zero-order chi connectivity index (χ0) is 14.0. The third kappa shape index (κ3) is 2.81. The van der Waals surface area contributed by atoms with Gasteiger partial charge in [0.05, 0.1) is 5.69 Å². The Labute approximate surface area is 114 Å². The standard InChI is InChI=1S/C14H23N3O2/c1-5-11-8-17(12(6-2)7-15-11)14(18)13-9(3)16-10(4)19-13/h11-12,15H,5-8H2,1-4H3. The van der Waals surface area contributed by atoms with Crippen LogP contribution in [-0.4, -0.2) is 41.0 Å². The van der Waals surface area contributed by atoms with Crippen LogP contribution >= 0.6 is 0 Å². The Morgan fingerprint density at radius 1 is 1.42 bits per heavy atom. The summed E-state index contributed by atoms with van der Waals surface area (Å²) in [5, 5.41) is 3.49. The molecule has 0 bridgehead atoms. The number of amides is 1. The molecular formula is C14H23N3O2. The average Bonchev–Trinajstić information content (AvgIpc) is 2.76. The van der Waals surface area contributed by atoms with Gasteiger partial charge in [0.25, 0.3) is 5.91 Å². The maximum absolute atomic E-state index is 12.6. The van der Waals surface area contributed by atoms with Crippen LogP contribution in [-0.2, 0) is 0 Å². The summed E-state index contributed by atoms with van der Waals surface area (Å²) in [7, 11) is 0. The predicted octanol–water partition coefficient (Wildman–Crippen LogP) is 1.89. The van der Waals surface area contributed by atoms with Crippen LogP contribution in [0.1, 0.15) is 48.8 Å². The van der Waals surface area contributed by atoms with E-state index in [1.165, 1.54) is 0 Å². The second kappa shape index (κ2) is 5.74. The fourth-order valence-electron chi connectivity index (χ4n) is 2.61. The number of hydrogen-bond acceptors (Lipinski definition) is 4. The molecule has 1 aromatic rings. The summed E-state index contributed by atoms with van der Waals surface area (Å²) in [6.45, 7) is 9.44. The number of hydrogen-bond donors (Lipinski definition) is 1. The molecule has 2 heterocycles. The van der Waals surface area contributed by atoms with E-state index in [0.29, 0.717) is 23.4 Å². The zero-order valence-electron chi connectivity index (χ0n) is 12.2. The van der Waals surface area contributed by atoms with E-state index < -0.39 is 0 Å². The van der Waals surface area contributed by atoms with Crippen LogP contribution in [0.4, 0.5) is 0 Å². The van der Waals surface area contributed by atoms with E-state index >= 15 is 0 Å². The van der Waals surface area contributed by atoms with E-state index in [1.54, 1.807) is 6.92 Å². The van der Waals surface area contributed by atoms with Crippen molar-refractivity contribution in [2.75, 3.05) is 13.1 Å². The molecule has 0 aliphatic carbocycles. The summed E-state index contributed by atoms with van der Waals surface area (Å²) in [6.07, 6.45) is 1.97. The molecule has 2 unspecified atom stereocenters. The highest BCUT2D eigenvalue weighted by molar-refractivity contribution is 5.92. The first-order chi connectivity index (χ1) is 9.06. The SMILES string of the molecule is CCC1CN(C(=O)c2oc(C)nc2C)C(CC)CN1. The molecule has 1 aliphatic heterocycles. The van der Waals surface area contributed by atoms with Gasteiger partial charge >= 0.3 is 0 Å². The van der Waals surface area contributed by atoms with Crippen LogP contribution in [0.3, 0.4) is 0 Å². The number of carbonyl (C=O) groups excluding carboxylic acids is 1. The van der Waals surface area contributed by atoms with E-state index in [9.17, 15) is 4.79 Å². The van der Waals surface area contributed by atoms with Gasteiger partial charge in [0.15, 0.2) is 5.89 Å². The Balaban J connectivity index is 2.21. The number of nitrogens with zero attached hydrogens (tertiary/aromatic N) is 2. The summed E-state index contributed by atoms with van der Waals surface area (Å²) >= 11 is 0. The minimum Gasteiger partial charge on any atom is -0.436 e. The summed E-state index contributed by atoms with van der Waals surface area (Å²) in [6, 6.07) is 0.608. The van der Waals surface area contributed by atoms with Crippen LogP contribution in [0.25, 0.3) is 0 Å². The van der Waals surface area contributed by atoms with Crippen molar-refractivity contribution in [2.45, 2.75) is 52.6 Å². The highest BCUT2D eigenvalue weighted by Gasteiger charge is 2.32. The van der Waals surface area contributed by atoms with Crippen LogP contribution in [0.2, 0.25) is 0 Å². The molecule has 106 valence electrons. The lowest BCUT2D eigenvalue weighted by Crippen LogP contribution is -2.57. The summed E-state index contributed by atoms with van der Waals surface area (Å²) < 4.78 is 5.47. The molecule has 0 spiro atoms. The number of aromatic nitrogens is 1. The first kappa shape index (κ1) is 14.1. The molecule has 1 saturated heterocycles. The Morgan fingerprint density at radius 3 is 2.68 bits per heavy atom. The smallest absolute Gasteiger partial charge is 0.291 e. The van der Waals surface area contributed by atoms with Gasteiger partial charge in [-0.25, -0.2) is 4.98 Å². The first-order valence-electron chi connectivity index (χ1n) is 7.05. The predicted molar refractivity (Wildman–Crippen MR) is 73.2 cm³/mol. The zero-order valence-corrected chi connectivity index (χ0v) is 12.2. The van der Waals surface area contributed by atoms with Crippen molar-refractivity contribution >= 4 is 5.91 Å². The van der Waals surface area contributed by atoms with Crippen molar-refractivity contribution in [3.05, 3.63) is 17.3 Å². The third-order valence-corrected chi connectivity index (χ3v) is 3.82. The molecule has 2 atom stereocenters. The van der Waals surface area contributed by atoms with E-state index in [0.717, 1.165) is 25.9 Å². The van der Waals surface area contributed by atoms with Crippen molar-refractivity contribution in [1.29, 1.82) is 0 Å². The van der Waals surface area contributed by atoms with Crippen LogP contribution in [0.5, 0.6) is 0 Å². The number of nitrogens with one attached hydrogen (secondary N) is 1. The largest absolute Gasteiger partial charge is 0.436 e. The topological polar surface area (TPSA) is 58.4 Å². The Bertz CT molecular complexity index is 456. The van der Waals surface area contributed by atoms with Gasteiger partial charge in [-0.05, 0) is 19.8 Å². The summed E-state index contributed by atoms with van der Waals surface area (Å²) in [5.74, 6) is 0.925. The van der Waals surface area contributed by atoms with Crippen LogP contribution in [0.15, 0.2) is 4.42 Å². The number of oxazole rings is 1. The molecule has 5 nitrogen and oxygen atoms in total. The molecule has 0 saturated carbocycles. The van der Waals surface area contributed by atoms with Crippen molar-refractivity contribution in [3.8, 4) is 0 Å². The van der Waals surface area contributed by atoms with E-state index in [2.05, 4.69) is 24.1 Å². The molecular weight excluding hydrogens is 242 g/mol. The van der Waals surface area contributed by atoms with E-state index in [-0.39, 0.29) is 11.9 Å². The quantitative estimate of drug-likeness (QED) is 0.906. The minimum absolute atomic E-state index is 0.0232. The van der Waals surface area contributed by atoms with Crippen molar-refractivity contribution < 1.29 is 9.21 Å². The highest BCUT2D eigenvalue weighted by Crippen LogP contribution is 2.18. The van der Waals surface area contributed by atoms with Gasteiger partial charge in [-0.3, -0.25) is 4.79 Å². The minimum atomic E-state index is -0.0232. The maximum Gasteiger partial charge on any atom is 0.291 e. The summed E-state index contributed by atoms with van der Waals surface area (Å²) in [5.41, 5.74) is 0.684. The van der Waals surface area contributed by atoms with E-state index in [1.807, 2.05) is 11.8 Å². The highest BCUT2D eigenvalue weighted by atomic mass is 16.4. The normalized spacial score (nSPS) is 23.7. The summed E-state index contributed by atoms with van der Waals surface area (Å²) in [4.78, 5) is 18.8. The molecule has 1 aromatic heterocycles. The van der Waals surface area contributed by atoms with Gasteiger partial charge in [-0.15, -0.1) is 0 Å². The van der Waals surface area contributed by atoms with Gasteiger partial charge in [0, 0.05) is 32.1 Å². The molecule has 1 aliphatic rings. The number of carbonyl (C=O) groups is 1.